The van der Waals surface area contributed by atoms with Gasteiger partial charge in [0.05, 0.1) is 0 Å². The van der Waals surface area contributed by atoms with Crippen molar-refractivity contribution in [3.8, 4) is 5.88 Å². The number of amides is 4. The normalized spacial score (nSPS) is 28.0. The van der Waals surface area contributed by atoms with Crippen molar-refractivity contribution in [1.29, 1.82) is 0 Å². The Kier molecular flexibility index (Phi) is 5.03. The maximum absolute atomic E-state index is 12.6. The van der Waals surface area contributed by atoms with E-state index >= 15 is 0 Å². The van der Waals surface area contributed by atoms with Gasteiger partial charge in [-0.2, -0.15) is 0 Å². The number of nitrogens with zero attached hydrogens (tertiary/aromatic N) is 2. The number of aromatic nitrogens is 1. The molecule has 2 heterocycles. The van der Waals surface area contributed by atoms with E-state index < -0.39 is 11.9 Å². The van der Waals surface area contributed by atoms with Crippen LogP contribution in [-0.2, 0) is 4.79 Å². The zero-order valence-corrected chi connectivity index (χ0v) is 17.0. The van der Waals surface area contributed by atoms with Crippen LogP contribution < -0.4 is 15.8 Å². The Morgan fingerprint density at radius 2 is 1.89 bits per heavy atom. The number of hydrogen-bond acceptors (Lipinski definition) is 6. The molecule has 8 nitrogen and oxygen atoms in total. The molecule has 2 saturated carbocycles. The number of imide groups is 1. The van der Waals surface area contributed by atoms with Crippen LogP contribution in [0.2, 0.25) is 0 Å². The highest BCUT2D eigenvalue weighted by Gasteiger charge is 2.44. The Balaban J connectivity index is 1.38. The monoisotopic (exact) mass is 406 g/mol. The maximum Gasteiger partial charge on any atom is 0.325 e. The molecule has 1 aromatic rings. The van der Waals surface area contributed by atoms with E-state index in [1.807, 2.05) is 13.8 Å². The summed E-state index contributed by atoms with van der Waals surface area (Å²) in [6.45, 7) is 3.86. The average Bonchev–Trinajstić information content (AvgIpc) is 3.34. The summed E-state index contributed by atoms with van der Waals surface area (Å²) < 4.78 is 6.02. The van der Waals surface area contributed by atoms with E-state index in [1.54, 1.807) is 0 Å². The Morgan fingerprint density at radius 3 is 2.43 bits per heavy atom. The van der Waals surface area contributed by atoms with Crippen molar-refractivity contribution in [3.05, 3.63) is 9.88 Å². The zero-order valence-electron chi connectivity index (χ0n) is 16.1. The first-order chi connectivity index (χ1) is 13.3. The van der Waals surface area contributed by atoms with Gasteiger partial charge in [0.15, 0.2) is 4.88 Å². The third-order valence-electron chi connectivity index (χ3n) is 5.72. The summed E-state index contributed by atoms with van der Waals surface area (Å²) in [6.07, 6.45) is 4.86. The van der Waals surface area contributed by atoms with E-state index in [0.29, 0.717) is 42.4 Å². The van der Waals surface area contributed by atoms with E-state index in [1.165, 1.54) is 16.2 Å². The van der Waals surface area contributed by atoms with Crippen molar-refractivity contribution in [1.82, 2.24) is 15.2 Å². The third-order valence-corrected chi connectivity index (χ3v) is 6.93. The first kappa shape index (κ1) is 19.2. The summed E-state index contributed by atoms with van der Waals surface area (Å²) in [7, 11) is 0. The van der Waals surface area contributed by atoms with Gasteiger partial charge in [-0.1, -0.05) is 13.8 Å². The molecule has 0 aromatic carbocycles. The number of hydrogen-bond donors (Lipinski definition) is 2. The SMILES string of the molecule is CC(C)C1NC(=O)N([C@H]2CC[C@H](Oc3nc(C4CC4)sc3C(N)=O)CC2)C1=O. The molecule has 4 rings (SSSR count). The molecule has 1 aliphatic heterocycles. The summed E-state index contributed by atoms with van der Waals surface area (Å²) in [6, 6.07) is -0.836. The van der Waals surface area contributed by atoms with Crippen LogP contribution in [0, 0.1) is 5.92 Å². The second-order valence-electron chi connectivity index (χ2n) is 8.25. The van der Waals surface area contributed by atoms with Crippen molar-refractivity contribution < 1.29 is 19.1 Å². The highest BCUT2D eigenvalue weighted by atomic mass is 32.1. The highest BCUT2D eigenvalue weighted by Crippen LogP contribution is 2.44. The van der Waals surface area contributed by atoms with E-state index in [2.05, 4.69) is 10.3 Å². The number of thiazole rings is 1. The first-order valence-corrected chi connectivity index (χ1v) is 10.8. The number of urea groups is 1. The summed E-state index contributed by atoms with van der Waals surface area (Å²) in [5.74, 6) is 0.210. The van der Waals surface area contributed by atoms with Crippen LogP contribution in [-0.4, -0.2) is 45.9 Å². The fourth-order valence-corrected chi connectivity index (χ4v) is 4.98. The Labute approximate surface area is 167 Å². The average molecular weight is 407 g/mol. The summed E-state index contributed by atoms with van der Waals surface area (Å²) in [5, 5.41) is 3.71. The molecular weight excluding hydrogens is 380 g/mol. The van der Waals surface area contributed by atoms with E-state index in [9.17, 15) is 14.4 Å². The molecule has 2 aliphatic carbocycles. The maximum atomic E-state index is 12.6. The van der Waals surface area contributed by atoms with Gasteiger partial charge < -0.3 is 15.8 Å². The molecule has 28 heavy (non-hydrogen) atoms. The quantitative estimate of drug-likeness (QED) is 0.704. The lowest BCUT2D eigenvalue weighted by atomic mass is 9.91. The molecule has 9 heteroatoms. The van der Waals surface area contributed by atoms with Crippen LogP contribution in [0.15, 0.2) is 0 Å². The lowest BCUT2D eigenvalue weighted by Gasteiger charge is -2.32. The van der Waals surface area contributed by atoms with E-state index in [-0.39, 0.29) is 30.0 Å². The number of carbonyl (C=O) groups excluding carboxylic acids is 3. The molecule has 3 fully saturated rings. The minimum absolute atomic E-state index is 0.0682. The topological polar surface area (TPSA) is 115 Å². The molecule has 0 bridgehead atoms. The molecular formula is C19H26N4O4S. The number of nitrogens with two attached hydrogens (primary N) is 1. The number of nitrogens with one attached hydrogen (secondary N) is 1. The largest absolute Gasteiger partial charge is 0.473 e. The number of primary amides is 1. The highest BCUT2D eigenvalue weighted by molar-refractivity contribution is 7.14. The van der Waals surface area contributed by atoms with Crippen molar-refractivity contribution in [3.63, 3.8) is 0 Å². The minimum Gasteiger partial charge on any atom is -0.473 e. The van der Waals surface area contributed by atoms with Gasteiger partial charge in [0.2, 0.25) is 5.88 Å². The smallest absolute Gasteiger partial charge is 0.325 e. The molecule has 1 unspecified atom stereocenters. The predicted molar refractivity (Wildman–Crippen MR) is 103 cm³/mol. The predicted octanol–water partition coefficient (Wildman–Crippen LogP) is 2.39. The van der Waals surface area contributed by atoms with Crippen molar-refractivity contribution in [2.75, 3.05) is 0 Å². The second-order valence-corrected chi connectivity index (χ2v) is 9.28. The molecule has 0 spiro atoms. The van der Waals surface area contributed by atoms with Crippen LogP contribution in [0.25, 0.3) is 0 Å². The number of rotatable bonds is 6. The van der Waals surface area contributed by atoms with Gasteiger partial charge in [-0.15, -0.1) is 11.3 Å². The standard InChI is InChI=1S/C19H26N4O4S/c1-9(2)13-18(25)23(19(26)21-13)11-5-7-12(8-6-11)27-16-14(15(20)24)28-17(22-16)10-3-4-10/h9-13H,3-8H2,1-2H3,(H2,20,24)(H,21,26)/t11-,12-,13?. The van der Waals surface area contributed by atoms with Crippen molar-refractivity contribution in [2.24, 2.45) is 11.7 Å². The molecule has 3 N–H and O–H groups in total. The van der Waals surface area contributed by atoms with Gasteiger partial charge >= 0.3 is 6.03 Å². The lowest BCUT2D eigenvalue weighted by Crippen LogP contribution is -2.44. The van der Waals surface area contributed by atoms with Gasteiger partial charge in [0.1, 0.15) is 17.2 Å². The lowest BCUT2D eigenvalue weighted by molar-refractivity contribution is -0.130. The van der Waals surface area contributed by atoms with Crippen LogP contribution in [0.4, 0.5) is 4.79 Å². The minimum atomic E-state index is -0.507. The molecule has 4 amide bonds. The van der Waals surface area contributed by atoms with Crippen LogP contribution >= 0.6 is 11.3 Å². The summed E-state index contributed by atoms with van der Waals surface area (Å²) >= 11 is 1.33. The first-order valence-electron chi connectivity index (χ1n) is 9.96. The third kappa shape index (κ3) is 3.59. The fourth-order valence-electron chi connectivity index (χ4n) is 3.95. The fraction of sp³-hybridized carbons (Fsp3) is 0.684. The van der Waals surface area contributed by atoms with Crippen LogP contribution in [0.5, 0.6) is 5.88 Å². The summed E-state index contributed by atoms with van der Waals surface area (Å²) in [5.41, 5.74) is 5.49. The molecule has 3 aliphatic rings. The summed E-state index contributed by atoms with van der Waals surface area (Å²) in [4.78, 5) is 42.9. The van der Waals surface area contributed by atoms with Crippen LogP contribution in [0.1, 0.15) is 73.0 Å². The Hall–Kier alpha value is -2.16. The molecule has 0 radical (unpaired) electrons. The number of ether oxygens (including phenoxy) is 1. The number of carbonyl (C=O) groups is 3. The Bertz CT molecular complexity index is 796. The van der Waals surface area contributed by atoms with Gasteiger partial charge in [-0.05, 0) is 44.4 Å². The van der Waals surface area contributed by atoms with Gasteiger partial charge in [0, 0.05) is 12.0 Å². The van der Waals surface area contributed by atoms with Gasteiger partial charge in [0.25, 0.3) is 11.8 Å². The van der Waals surface area contributed by atoms with Crippen molar-refractivity contribution >= 4 is 29.2 Å². The van der Waals surface area contributed by atoms with E-state index in [0.717, 1.165) is 17.8 Å². The molecule has 1 saturated heterocycles. The zero-order chi connectivity index (χ0) is 20.0. The molecule has 1 atom stereocenters. The second kappa shape index (κ2) is 7.35. The van der Waals surface area contributed by atoms with Crippen LogP contribution in [0.3, 0.4) is 0 Å². The van der Waals surface area contributed by atoms with Gasteiger partial charge in [-0.3, -0.25) is 14.5 Å². The van der Waals surface area contributed by atoms with E-state index in [4.69, 9.17) is 10.5 Å². The molecule has 152 valence electrons. The molecule has 1 aromatic heterocycles. The van der Waals surface area contributed by atoms with Crippen molar-refractivity contribution in [2.45, 2.75) is 76.5 Å². The Morgan fingerprint density at radius 1 is 1.21 bits per heavy atom. The van der Waals surface area contributed by atoms with Gasteiger partial charge in [-0.25, -0.2) is 9.78 Å².